The Hall–Kier alpha value is -2.43. The number of anilines is 3. The number of nitrogens with two attached hydrogens (primary N) is 1. The van der Waals surface area contributed by atoms with Crippen LogP contribution in [0.1, 0.15) is 0 Å². The number of benzene rings is 1. The highest BCUT2D eigenvalue weighted by atomic mass is 16.5. The van der Waals surface area contributed by atoms with Crippen molar-refractivity contribution in [2.24, 2.45) is 0 Å². The topological polar surface area (TPSA) is 60.6 Å². The van der Waals surface area contributed by atoms with Crippen molar-refractivity contribution in [1.29, 1.82) is 0 Å². The lowest BCUT2D eigenvalue weighted by Crippen LogP contribution is -2.13. The number of ether oxygens (including phenoxy) is 2. The summed E-state index contributed by atoms with van der Waals surface area (Å²) < 4.78 is 10.5. The minimum absolute atomic E-state index is 0.416. The van der Waals surface area contributed by atoms with Crippen molar-refractivity contribution >= 4 is 17.2 Å². The SMILES string of the molecule is COc1ccccc1N(C)c1ccc(N)c(OC)n1. The lowest BCUT2D eigenvalue weighted by molar-refractivity contribution is 0.400. The summed E-state index contributed by atoms with van der Waals surface area (Å²) in [5, 5.41) is 0. The Morgan fingerprint density at radius 2 is 1.79 bits per heavy atom. The van der Waals surface area contributed by atoms with Crippen LogP contribution in [-0.2, 0) is 0 Å². The van der Waals surface area contributed by atoms with Gasteiger partial charge in [-0.3, -0.25) is 0 Å². The molecule has 0 fully saturated rings. The molecule has 0 amide bonds. The number of nitrogen functional groups attached to an aromatic ring is 1. The third-order valence-corrected chi connectivity index (χ3v) is 2.86. The molecule has 1 heterocycles. The van der Waals surface area contributed by atoms with Crippen LogP contribution in [0.3, 0.4) is 0 Å². The zero-order valence-corrected chi connectivity index (χ0v) is 11.3. The van der Waals surface area contributed by atoms with E-state index in [9.17, 15) is 0 Å². The summed E-state index contributed by atoms with van der Waals surface area (Å²) >= 11 is 0. The monoisotopic (exact) mass is 259 g/mol. The van der Waals surface area contributed by atoms with Gasteiger partial charge in [-0.1, -0.05) is 12.1 Å². The molecule has 1 aromatic carbocycles. The fourth-order valence-corrected chi connectivity index (χ4v) is 1.82. The number of aromatic nitrogens is 1. The average Bonchev–Trinajstić information content (AvgIpc) is 2.47. The first kappa shape index (κ1) is 13.0. The summed E-state index contributed by atoms with van der Waals surface area (Å²) in [5.41, 5.74) is 7.20. The highest BCUT2D eigenvalue weighted by molar-refractivity contribution is 5.68. The van der Waals surface area contributed by atoms with Gasteiger partial charge < -0.3 is 20.1 Å². The van der Waals surface area contributed by atoms with Gasteiger partial charge in [0.25, 0.3) is 0 Å². The third kappa shape index (κ3) is 2.54. The molecule has 2 N–H and O–H groups in total. The normalized spacial score (nSPS) is 10.1. The van der Waals surface area contributed by atoms with Gasteiger partial charge in [0.15, 0.2) is 0 Å². The first-order valence-electron chi connectivity index (χ1n) is 5.84. The molecular formula is C14H17N3O2. The van der Waals surface area contributed by atoms with Gasteiger partial charge in [0.05, 0.1) is 25.6 Å². The van der Waals surface area contributed by atoms with E-state index in [1.165, 1.54) is 0 Å². The standard InChI is InChI=1S/C14H17N3O2/c1-17(11-6-4-5-7-12(11)18-2)13-9-8-10(15)14(16-13)19-3/h4-9H,15H2,1-3H3. The maximum Gasteiger partial charge on any atom is 0.238 e. The van der Waals surface area contributed by atoms with Gasteiger partial charge in [-0.25, -0.2) is 0 Å². The summed E-state index contributed by atoms with van der Waals surface area (Å²) in [7, 11) is 5.10. The van der Waals surface area contributed by atoms with E-state index >= 15 is 0 Å². The Kier molecular flexibility index (Phi) is 3.75. The molecule has 5 nitrogen and oxygen atoms in total. The molecule has 0 unspecified atom stereocenters. The quantitative estimate of drug-likeness (QED) is 0.913. The predicted molar refractivity (Wildman–Crippen MR) is 76.3 cm³/mol. The number of nitrogens with zero attached hydrogens (tertiary/aromatic N) is 2. The van der Waals surface area contributed by atoms with Crippen molar-refractivity contribution in [2.45, 2.75) is 0 Å². The Bertz CT molecular complexity index is 572. The van der Waals surface area contributed by atoms with Gasteiger partial charge in [0.2, 0.25) is 5.88 Å². The van der Waals surface area contributed by atoms with Crippen LogP contribution in [0, 0.1) is 0 Å². The van der Waals surface area contributed by atoms with Gasteiger partial charge in [0, 0.05) is 7.05 Å². The largest absolute Gasteiger partial charge is 0.495 e. The van der Waals surface area contributed by atoms with E-state index in [2.05, 4.69) is 4.98 Å². The van der Waals surface area contributed by atoms with Gasteiger partial charge >= 0.3 is 0 Å². The van der Waals surface area contributed by atoms with Gasteiger partial charge in [-0.15, -0.1) is 0 Å². The summed E-state index contributed by atoms with van der Waals surface area (Å²) in [6.45, 7) is 0. The van der Waals surface area contributed by atoms with Gasteiger partial charge in [-0.2, -0.15) is 4.98 Å². The summed E-state index contributed by atoms with van der Waals surface area (Å²) in [5.74, 6) is 1.93. The Morgan fingerprint density at radius 1 is 1.05 bits per heavy atom. The second-order valence-electron chi connectivity index (χ2n) is 4.00. The number of hydrogen-bond donors (Lipinski definition) is 1. The second kappa shape index (κ2) is 5.48. The number of para-hydroxylation sites is 2. The number of hydrogen-bond acceptors (Lipinski definition) is 5. The number of methoxy groups -OCH3 is 2. The smallest absolute Gasteiger partial charge is 0.238 e. The highest BCUT2D eigenvalue weighted by Crippen LogP contribution is 2.32. The van der Waals surface area contributed by atoms with E-state index < -0.39 is 0 Å². The van der Waals surface area contributed by atoms with Crippen LogP contribution in [0.15, 0.2) is 36.4 Å². The number of rotatable bonds is 4. The van der Waals surface area contributed by atoms with E-state index in [1.54, 1.807) is 20.3 Å². The Balaban J connectivity index is 2.41. The summed E-state index contributed by atoms with van der Waals surface area (Å²) in [4.78, 5) is 6.28. The van der Waals surface area contributed by atoms with Crippen molar-refractivity contribution in [1.82, 2.24) is 4.98 Å². The summed E-state index contributed by atoms with van der Waals surface area (Å²) in [6, 6.07) is 11.3. The fourth-order valence-electron chi connectivity index (χ4n) is 1.82. The Morgan fingerprint density at radius 3 is 2.47 bits per heavy atom. The predicted octanol–water partition coefficient (Wildman–Crippen LogP) is 2.45. The van der Waals surface area contributed by atoms with Crippen molar-refractivity contribution < 1.29 is 9.47 Å². The van der Waals surface area contributed by atoms with Crippen LogP contribution in [0.5, 0.6) is 11.6 Å². The molecule has 0 aliphatic heterocycles. The van der Waals surface area contributed by atoms with Crippen molar-refractivity contribution in [2.75, 3.05) is 31.9 Å². The summed E-state index contributed by atoms with van der Waals surface area (Å²) in [6.07, 6.45) is 0. The molecule has 2 rings (SSSR count). The zero-order valence-electron chi connectivity index (χ0n) is 11.3. The fraction of sp³-hybridized carbons (Fsp3) is 0.214. The first-order chi connectivity index (χ1) is 9.17. The van der Waals surface area contributed by atoms with Crippen LogP contribution in [0.4, 0.5) is 17.2 Å². The minimum Gasteiger partial charge on any atom is -0.495 e. The molecule has 0 aliphatic rings. The molecular weight excluding hydrogens is 242 g/mol. The van der Waals surface area contributed by atoms with E-state index in [0.717, 1.165) is 17.3 Å². The van der Waals surface area contributed by atoms with Crippen molar-refractivity contribution in [3.8, 4) is 11.6 Å². The Labute approximate surface area is 112 Å². The lowest BCUT2D eigenvalue weighted by atomic mass is 10.2. The molecule has 1 aromatic heterocycles. The second-order valence-corrected chi connectivity index (χ2v) is 4.00. The molecule has 0 saturated heterocycles. The molecule has 0 bridgehead atoms. The van der Waals surface area contributed by atoms with Crippen LogP contribution >= 0.6 is 0 Å². The molecule has 0 radical (unpaired) electrons. The molecule has 19 heavy (non-hydrogen) atoms. The molecule has 0 aliphatic carbocycles. The molecule has 0 saturated carbocycles. The highest BCUT2D eigenvalue weighted by Gasteiger charge is 2.12. The first-order valence-corrected chi connectivity index (χ1v) is 5.84. The van der Waals surface area contributed by atoms with Crippen LogP contribution in [0.25, 0.3) is 0 Å². The molecule has 2 aromatic rings. The lowest BCUT2D eigenvalue weighted by Gasteiger charge is -2.21. The molecule has 0 atom stereocenters. The average molecular weight is 259 g/mol. The van der Waals surface area contributed by atoms with Crippen molar-refractivity contribution in [3.05, 3.63) is 36.4 Å². The number of pyridine rings is 1. The zero-order chi connectivity index (χ0) is 13.8. The molecule has 100 valence electrons. The van der Waals surface area contributed by atoms with Crippen LogP contribution in [-0.4, -0.2) is 26.3 Å². The van der Waals surface area contributed by atoms with Gasteiger partial charge in [0.1, 0.15) is 11.6 Å². The molecule has 0 spiro atoms. The van der Waals surface area contributed by atoms with E-state index in [0.29, 0.717) is 11.6 Å². The maximum absolute atomic E-state index is 5.76. The van der Waals surface area contributed by atoms with Crippen LogP contribution < -0.4 is 20.1 Å². The maximum atomic E-state index is 5.76. The van der Waals surface area contributed by atoms with E-state index in [1.807, 2.05) is 42.3 Å². The van der Waals surface area contributed by atoms with E-state index in [4.69, 9.17) is 15.2 Å². The van der Waals surface area contributed by atoms with Crippen molar-refractivity contribution in [3.63, 3.8) is 0 Å². The van der Waals surface area contributed by atoms with Gasteiger partial charge in [-0.05, 0) is 24.3 Å². The minimum atomic E-state index is 0.416. The van der Waals surface area contributed by atoms with Crippen LogP contribution in [0.2, 0.25) is 0 Å². The third-order valence-electron chi connectivity index (χ3n) is 2.86. The molecule has 5 heteroatoms. The van der Waals surface area contributed by atoms with E-state index in [-0.39, 0.29) is 0 Å².